The van der Waals surface area contributed by atoms with Crippen LogP contribution in [0, 0.1) is 10.1 Å². The van der Waals surface area contributed by atoms with Crippen molar-refractivity contribution >= 4 is 5.69 Å². The third-order valence-electron chi connectivity index (χ3n) is 3.98. The highest BCUT2D eigenvalue weighted by Crippen LogP contribution is 2.27. The molecule has 4 aromatic rings. The highest BCUT2D eigenvalue weighted by atomic mass is 16.6. The molecule has 26 heavy (non-hydrogen) atoms. The third-order valence-corrected chi connectivity index (χ3v) is 3.98. The molecule has 0 N–H and O–H groups in total. The van der Waals surface area contributed by atoms with E-state index in [0.717, 1.165) is 16.7 Å². The van der Waals surface area contributed by atoms with Crippen LogP contribution in [0.5, 0.6) is 0 Å². The molecule has 1 heterocycles. The van der Waals surface area contributed by atoms with Crippen LogP contribution in [-0.2, 0) is 0 Å². The molecule has 3 aromatic carbocycles. The number of hydrogen-bond donors (Lipinski definition) is 0. The van der Waals surface area contributed by atoms with E-state index in [1.54, 1.807) is 12.1 Å². The molecule has 6 heteroatoms. The van der Waals surface area contributed by atoms with E-state index in [4.69, 9.17) is 4.52 Å². The van der Waals surface area contributed by atoms with E-state index in [1.807, 2.05) is 54.6 Å². The van der Waals surface area contributed by atoms with Crippen molar-refractivity contribution in [3.8, 4) is 34.0 Å². The summed E-state index contributed by atoms with van der Waals surface area (Å²) in [5.41, 5.74) is 3.53. The average Bonchev–Trinajstić information content (AvgIpc) is 3.19. The first-order valence-corrected chi connectivity index (χ1v) is 7.95. The van der Waals surface area contributed by atoms with Crippen molar-refractivity contribution in [1.82, 2.24) is 10.1 Å². The van der Waals surface area contributed by atoms with Gasteiger partial charge in [0.05, 0.1) is 4.92 Å². The molecule has 6 nitrogen and oxygen atoms in total. The minimum atomic E-state index is -0.452. The molecule has 0 saturated heterocycles. The molecular formula is C20H13N3O3. The van der Waals surface area contributed by atoms with Gasteiger partial charge in [0.25, 0.3) is 11.6 Å². The fourth-order valence-electron chi connectivity index (χ4n) is 2.65. The Morgan fingerprint density at radius 3 is 2.15 bits per heavy atom. The van der Waals surface area contributed by atoms with Gasteiger partial charge in [-0.05, 0) is 23.3 Å². The van der Waals surface area contributed by atoms with Gasteiger partial charge < -0.3 is 4.52 Å². The maximum atomic E-state index is 10.9. The molecule has 0 aliphatic rings. The van der Waals surface area contributed by atoms with Crippen LogP contribution in [-0.4, -0.2) is 15.1 Å². The van der Waals surface area contributed by atoms with Gasteiger partial charge in [-0.2, -0.15) is 4.98 Å². The maximum absolute atomic E-state index is 10.9. The van der Waals surface area contributed by atoms with Crippen molar-refractivity contribution in [3.63, 3.8) is 0 Å². The molecule has 0 atom stereocenters. The Balaban J connectivity index is 1.62. The number of nitro benzene ring substituents is 1. The van der Waals surface area contributed by atoms with Gasteiger partial charge in [0.15, 0.2) is 0 Å². The van der Waals surface area contributed by atoms with Crippen LogP contribution in [0.15, 0.2) is 83.4 Å². The summed E-state index contributed by atoms with van der Waals surface area (Å²) in [7, 11) is 0. The van der Waals surface area contributed by atoms with Crippen LogP contribution in [0.3, 0.4) is 0 Å². The lowest BCUT2D eigenvalue weighted by atomic mass is 10.0. The summed E-state index contributed by atoms with van der Waals surface area (Å²) in [6, 6.07) is 24.0. The van der Waals surface area contributed by atoms with Gasteiger partial charge in [0.1, 0.15) is 0 Å². The zero-order chi connectivity index (χ0) is 17.9. The Morgan fingerprint density at radius 1 is 0.769 bits per heavy atom. The molecule has 0 spiro atoms. The minimum Gasteiger partial charge on any atom is -0.334 e. The monoisotopic (exact) mass is 343 g/mol. The average molecular weight is 343 g/mol. The first kappa shape index (κ1) is 15.7. The Morgan fingerprint density at radius 2 is 1.42 bits per heavy atom. The first-order valence-electron chi connectivity index (χ1n) is 7.95. The third kappa shape index (κ3) is 3.08. The van der Waals surface area contributed by atoms with Gasteiger partial charge in [0, 0.05) is 23.3 Å². The molecule has 1 aromatic heterocycles. The Labute approximate surface area is 148 Å². The van der Waals surface area contributed by atoms with Crippen LogP contribution in [0.2, 0.25) is 0 Å². The second kappa shape index (κ2) is 6.60. The van der Waals surface area contributed by atoms with E-state index < -0.39 is 4.92 Å². The fourth-order valence-corrected chi connectivity index (χ4v) is 2.65. The van der Waals surface area contributed by atoms with Gasteiger partial charge in [0.2, 0.25) is 5.82 Å². The van der Waals surface area contributed by atoms with E-state index in [2.05, 4.69) is 10.1 Å². The summed E-state index contributed by atoms with van der Waals surface area (Å²) in [4.78, 5) is 14.8. The SMILES string of the molecule is O=[N+]([O-])c1cccc(-c2noc(-c3ccc(-c4ccccc4)cc3)n2)c1. The van der Waals surface area contributed by atoms with Crippen LogP contribution in [0.1, 0.15) is 0 Å². The van der Waals surface area contributed by atoms with Crippen LogP contribution >= 0.6 is 0 Å². The lowest BCUT2D eigenvalue weighted by Crippen LogP contribution is -1.88. The molecule has 0 aliphatic heterocycles. The number of rotatable bonds is 4. The van der Waals surface area contributed by atoms with Crippen molar-refractivity contribution in [2.24, 2.45) is 0 Å². The fraction of sp³-hybridized carbons (Fsp3) is 0. The molecule has 0 aliphatic carbocycles. The van der Waals surface area contributed by atoms with Gasteiger partial charge in [-0.1, -0.05) is 59.8 Å². The normalized spacial score (nSPS) is 10.6. The lowest BCUT2D eigenvalue weighted by molar-refractivity contribution is -0.384. The van der Waals surface area contributed by atoms with E-state index in [-0.39, 0.29) is 5.69 Å². The predicted molar refractivity (Wildman–Crippen MR) is 97.3 cm³/mol. The molecule has 0 unspecified atom stereocenters. The molecule has 4 rings (SSSR count). The largest absolute Gasteiger partial charge is 0.334 e. The highest BCUT2D eigenvalue weighted by Gasteiger charge is 2.13. The van der Waals surface area contributed by atoms with Crippen molar-refractivity contribution < 1.29 is 9.45 Å². The molecule has 0 saturated carbocycles. The number of hydrogen-bond acceptors (Lipinski definition) is 5. The molecule has 126 valence electrons. The van der Waals surface area contributed by atoms with Crippen molar-refractivity contribution in [2.45, 2.75) is 0 Å². The lowest BCUT2D eigenvalue weighted by Gasteiger charge is -2.01. The predicted octanol–water partition coefficient (Wildman–Crippen LogP) is 4.98. The Kier molecular flexibility index (Phi) is 3.99. The number of nitrogens with zero attached hydrogens (tertiary/aromatic N) is 3. The van der Waals surface area contributed by atoms with E-state index in [1.165, 1.54) is 12.1 Å². The van der Waals surface area contributed by atoms with Crippen molar-refractivity contribution in [2.75, 3.05) is 0 Å². The second-order valence-electron chi connectivity index (χ2n) is 5.67. The summed E-state index contributed by atoms with van der Waals surface area (Å²) in [6.07, 6.45) is 0. The summed E-state index contributed by atoms with van der Waals surface area (Å²) in [6.45, 7) is 0. The highest BCUT2D eigenvalue weighted by molar-refractivity contribution is 5.68. The quantitative estimate of drug-likeness (QED) is 0.385. The van der Waals surface area contributed by atoms with E-state index >= 15 is 0 Å². The summed E-state index contributed by atoms with van der Waals surface area (Å²) >= 11 is 0. The van der Waals surface area contributed by atoms with Gasteiger partial charge in [-0.15, -0.1) is 0 Å². The second-order valence-corrected chi connectivity index (χ2v) is 5.67. The Hall–Kier alpha value is -3.80. The van der Waals surface area contributed by atoms with Crippen molar-refractivity contribution in [3.05, 3.63) is 89.0 Å². The number of non-ortho nitro benzene ring substituents is 1. The van der Waals surface area contributed by atoms with Gasteiger partial charge in [-0.3, -0.25) is 10.1 Å². The van der Waals surface area contributed by atoms with Crippen LogP contribution in [0.25, 0.3) is 34.0 Å². The van der Waals surface area contributed by atoms with Crippen LogP contribution in [0.4, 0.5) is 5.69 Å². The summed E-state index contributed by atoms with van der Waals surface area (Å²) in [5.74, 6) is 0.682. The zero-order valence-electron chi connectivity index (χ0n) is 13.6. The minimum absolute atomic E-state index is 0.0129. The standard InChI is InChI=1S/C20H13N3O3/c24-23(25)18-8-4-7-17(13-18)19-21-20(26-22-19)16-11-9-15(10-12-16)14-5-2-1-3-6-14/h1-13H. The molecular weight excluding hydrogens is 330 g/mol. The van der Waals surface area contributed by atoms with Gasteiger partial charge >= 0.3 is 0 Å². The molecule has 0 fully saturated rings. The molecule has 0 bridgehead atoms. The number of benzene rings is 3. The molecule has 0 amide bonds. The maximum Gasteiger partial charge on any atom is 0.270 e. The number of nitro groups is 1. The summed E-state index contributed by atoms with van der Waals surface area (Å²) < 4.78 is 5.32. The number of aromatic nitrogens is 2. The van der Waals surface area contributed by atoms with Gasteiger partial charge in [-0.25, -0.2) is 0 Å². The topological polar surface area (TPSA) is 82.1 Å². The van der Waals surface area contributed by atoms with Crippen LogP contribution < -0.4 is 0 Å². The zero-order valence-corrected chi connectivity index (χ0v) is 13.6. The Bertz CT molecular complexity index is 1060. The first-order chi connectivity index (χ1) is 12.7. The van der Waals surface area contributed by atoms with E-state index in [0.29, 0.717) is 17.3 Å². The van der Waals surface area contributed by atoms with E-state index in [9.17, 15) is 10.1 Å². The smallest absolute Gasteiger partial charge is 0.270 e. The summed E-state index contributed by atoms with van der Waals surface area (Å²) in [5, 5.41) is 14.8. The van der Waals surface area contributed by atoms with Crippen molar-refractivity contribution in [1.29, 1.82) is 0 Å². The molecule has 0 radical (unpaired) electrons.